The highest BCUT2D eigenvalue weighted by Crippen LogP contribution is 2.28. The molecule has 0 aromatic rings. The van der Waals surface area contributed by atoms with E-state index in [1.54, 1.807) is 7.11 Å². The summed E-state index contributed by atoms with van der Waals surface area (Å²) in [6.45, 7) is 2.55. The summed E-state index contributed by atoms with van der Waals surface area (Å²) in [6.07, 6.45) is 10.2. The van der Waals surface area contributed by atoms with Crippen LogP contribution < -0.4 is 0 Å². The first kappa shape index (κ1) is 12.7. The van der Waals surface area contributed by atoms with Crippen LogP contribution >= 0.6 is 0 Å². The fraction of sp³-hybridized carbons (Fsp3) is 0.846. The van der Waals surface area contributed by atoms with E-state index in [0.717, 1.165) is 12.8 Å². The lowest BCUT2D eigenvalue weighted by atomic mass is 9.86. The molecule has 0 spiro atoms. The molecule has 0 saturated carbocycles. The van der Waals surface area contributed by atoms with Gasteiger partial charge in [-0.05, 0) is 38.2 Å². The Morgan fingerprint density at radius 3 is 2.80 bits per heavy atom. The topological polar surface area (TPSA) is 29.5 Å². The summed E-state index contributed by atoms with van der Waals surface area (Å²) in [6, 6.07) is 0. The monoisotopic (exact) mass is 212 g/mol. The van der Waals surface area contributed by atoms with Crippen molar-refractivity contribution in [3.05, 3.63) is 11.6 Å². The second-order valence-corrected chi connectivity index (χ2v) is 4.70. The van der Waals surface area contributed by atoms with E-state index < -0.39 is 5.60 Å². The second kappa shape index (κ2) is 6.29. The molecule has 0 aliphatic heterocycles. The highest BCUT2D eigenvalue weighted by atomic mass is 16.5. The zero-order chi connectivity index (χ0) is 11.1. The van der Waals surface area contributed by atoms with Gasteiger partial charge < -0.3 is 9.84 Å². The first-order valence-corrected chi connectivity index (χ1v) is 6.07. The van der Waals surface area contributed by atoms with Gasteiger partial charge >= 0.3 is 0 Å². The average molecular weight is 212 g/mol. The van der Waals surface area contributed by atoms with Crippen LogP contribution in [0, 0.1) is 0 Å². The van der Waals surface area contributed by atoms with Gasteiger partial charge in [0, 0.05) is 20.1 Å². The van der Waals surface area contributed by atoms with Crippen LogP contribution in [-0.2, 0) is 4.74 Å². The maximum Gasteiger partial charge on any atom is 0.0850 e. The lowest BCUT2D eigenvalue weighted by Gasteiger charge is -2.28. The highest BCUT2D eigenvalue weighted by molar-refractivity contribution is 5.15. The van der Waals surface area contributed by atoms with Gasteiger partial charge in [-0.3, -0.25) is 0 Å². The highest BCUT2D eigenvalue weighted by Gasteiger charge is 2.25. The van der Waals surface area contributed by atoms with Crippen LogP contribution in [0.15, 0.2) is 11.6 Å². The van der Waals surface area contributed by atoms with Crippen LogP contribution in [0.4, 0.5) is 0 Å². The predicted molar refractivity (Wildman–Crippen MR) is 62.9 cm³/mol. The summed E-state index contributed by atoms with van der Waals surface area (Å²) < 4.78 is 5.04. The van der Waals surface area contributed by atoms with Crippen molar-refractivity contribution < 1.29 is 9.84 Å². The van der Waals surface area contributed by atoms with E-state index in [0.29, 0.717) is 13.0 Å². The van der Waals surface area contributed by atoms with E-state index in [2.05, 4.69) is 6.08 Å². The van der Waals surface area contributed by atoms with Gasteiger partial charge in [-0.25, -0.2) is 0 Å². The molecule has 0 heterocycles. The molecule has 0 amide bonds. The Morgan fingerprint density at radius 1 is 1.33 bits per heavy atom. The van der Waals surface area contributed by atoms with Gasteiger partial charge in [0.2, 0.25) is 0 Å². The van der Waals surface area contributed by atoms with Crippen molar-refractivity contribution >= 4 is 0 Å². The summed E-state index contributed by atoms with van der Waals surface area (Å²) >= 11 is 0. The van der Waals surface area contributed by atoms with Gasteiger partial charge in [-0.2, -0.15) is 0 Å². The summed E-state index contributed by atoms with van der Waals surface area (Å²) in [5.74, 6) is 0. The molecule has 0 fully saturated rings. The molecule has 2 heteroatoms. The maximum absolute atomic E-state index is 10.3. The zero-order valence-electron chi connectivity index (χ0n) is 10.1. The van der Waals surface area contributed by atoms with Crippen molar-refractivity contribution in [3.63, 3.8) is 0 Å². The van der Waals surface area contributed by atoms with Gasteiger partial charge in [-0.1, -0.05) is 18.9 Å². The molecule has 0 aromatic heterocycles. The molecule has 1 aliphatic rings. The quantitative estimate of drug-likeness (QED) is 0.726. The number of methoxy groups -OCH3 is 1. The molecule has 15 heavy (non-hydrogen) atoms. The molecule has 0 radical (unpaired) electrons. The van der Waals surface area contributed by atoms with Gasteiger partial charge in [0.15, 0.2) is 0 Å². The minimum Gasteiger partial charge on any atom is -0.386 e. The number of ether oxygens (including phenoxy) is 1. The molecule has 1 aliphatic carbocycles. The largest absolute Gasteiger partial charge is 0.386 e. The molecule has 0 saturated heterocycles. The molecule has 0 bridgehead atoms. The van der Waals surface area contributed by atoms with E-state index in [9.17, 15) is 5.11 Å². The van der Waals surface area contributed by atoms with Gasteiger partial charge in [0.05, 0.1) is 5.60 Å². The van der Waals surface area contributed by atoms with Crippen LogP contribution in [-0.4, -0.2) is 24.4 Å². The van der Waals surface area contributed by atoms with E-state index in [-0.39, 0.29) is 0 Å². The van der Waals surface area contributed by atoms with Gasteiger partial charge in [0.25, 0.3) is 0 Å². The first-order chi connectivity index (χ1) is 7.17. The van der Waals surface area contributed by atoms with Crippen molar-refractivity contribution in [2.75, 3.05) is 13.7 Å². The van der Waals surface area contributed by atoms with E-state index >= 15 is 0 Å². The molecular weight excluding hydrogens is 188 g/mol. The first-order valence-electron chi connectivity index (χ1n) is 6.07. The number of rotatable bonds is 4. The molecule has 2 nitrogen and oxygen atoms in total. The van der Waals surface area contributed by atoms with Crippen molar-refractivity contribution in [1.82, 2.24) is 0 Å². The van der Waals surface area contributed by atoms with Gasteiger partial charge in [-0.15, -0.1) is 0 Å². The molecule has 1 atom stereocenters. The van der Waals surface area contributed by atoms with Crippen molar-refractivity contribution in [2.45, 2.75) is 57.5 Å². The molecule has 88 valence electrons. The maximum atomic E-state index is 10.3. The molecule has 1 unspecified atom stereocenters. The predicted octanol–water partition coefficient (Wildman–Crippen LogP) is 3.05. The van der Waals surface area contributed by atoms with Crippen LogP contribution in [0.5, 0.6) is 0 Å². The number of allylic oxidation sites excluding steroid dienone is 1. The lowest BCUT2D eigenvalue weighted by molar-refractivity contribution is 0.0518. The standard InChI is InChI=1S/C13H24O2/c1-13(14,10-11-15-2)12-8-6-4-3-5-7-9-12/h8,14H,3-7,9-11H2,1-2H3. The Morgan fingerprint density at radius 2 is 2.07 bits per heavy atom. The Labute approximate surface area is 93.3 Å². The minimum atomic E-state index is -0.659. The fourth-order valence-corrected chi connectivity index (χ4v) is 2.14. The number of hydrogen-bond donors (Lipinski definition) is 1. The number of hydrogen-bond acceptors (Lipinski definition) is 2. The smallest absolute Gasteiger partial charge is 0.0850 e. The van der Waals surface area contributed by atoms with Crippen LogP contribution in [0.2, 0.25) is 0 Å². The van der Waals surface area contributed by atoms with Crippen LogP contribution in [0.3, 0.4) is 0 Å². The Hall–Kier alpha value is -0.340. The Balaban J connectivity index is 2.56. The Bertz CT molecular complexity index is 207. The summed E-state index contributed by atoms with van der Waals surface area (Å²) in [4.78, 5) is 0. The lowest BCUT2D eigenvalue weighted by Crippen LogP contribution is -2.29. The van der Waals surface area contributed by atoms with E-state index in [1.165, 1.54) is 31.3 Å². The zero-order valence-corrected chi connectivity index (χ0v) is 10.1. The summed E-state index contributed by atoms with van der Waals surface area (Å²) in [5.41, 5.74) is 0.562. The molecular formula is C13H24O2. The third kappa shape index (κ3) is 4.35. The number of aliphatic hydroxyl groups is 1. The van der Waals surface area contributed by atoms with Crippen LogP contribution in [0.25, 0.3) is 0 Å². The third-order valence-electron chi connectivity index (χ3n) is 3.28. The summed E-state index contributed by atoms with van der Waals surface area (Å²) in [5, 5.41) is 10.3. The SMILES string of the molecule is COCCC(C)(O)C1=CCCCCCC1. The minimum absolute atomic E-state index is 0.629. The Kier molecular flexibility index (Phi) is 5.34. The van der Waals surface area contributed by atoms with E-state index in [4.69, 9.17) is 4.74 Å². The van der Waals surface area contributed by atoms with E-state index in [1.807, 2.05) is 6.92 Å². The summed E-state index contributed by atoms with van der Waals surface area (Å²) in [7, 11) is 1.68. The van der Waals surface area contributed by atoms with Crippen molar-refractivity contribution in [1.29, 1.82) is 0 Å². The van der Waals surface area contributed by atoms with Crippen molar-refractivity contribution in [3.8, 4) is 0 Å². The van der Waals surface area contributed by atoms with Crippen LogP contribution in [0.1, 0.15) is 51.9 Å². The van der Waals surface area contributed by atoms with Crippen molar-refractivity contribution in [2.24, 2.45) is 0 Å². The molecule has 1 rings (SSSR count). The normalized spacial score (nSPS) is 22.5. The average Bonchev–Trinajstić information content (AvgIpc) is 2.13. The molecule has 1 N–H and O–H groups in total. The fourth-order valence-electron chi connectivity index (χ4n) is 2.14. The molecule has 0 aromatic carbocycles. The third-order valence-corrected chi connectivity index (χ3v) is 3.28. The van der Waals surface area contributed by atoms with Gasteiger partial charge in [0.1, 0.15) is 0 Å². The second-order valence-electron chi connectivity index (χ2n) is 4.70.